The Balaban J connectivity index is 2.94. The normalized spacial score (nSPS) is 12.1. The summed E-state index contributed by atoms with van der Waals surface area (Å²) in [6, 6.07) is 1.89. The van der Waals surface area contributed by atoms with Crippen LogP contribution in [0.15, 0.2) is 12.4 Å². The third kappa shape index (κ3) is 1.92. The van der Waals surface area contributed by atoms with Gasteiger partial charge in [-0.05, 0) is 6.92 Å². The zero-order valence-electron chi connectivity index (χ0n) is 6.02. The fraction of sp³-hybridized carbons (Fsp3) is 0.286. The molecular formula is C7H7N3S. The minimum atomic E-state index is 0.0650. The molecule has 0 radical (unpaired) electrons. The van der Waals surface area contributed by atoms with Gasteiger partial charge in [0.1, 0.15) is 6.07 Å². The highest BCUT2D eigenvalue weighted by molar-refractivity contribution is 7.80. The third-order valence-corrected chi connectivity index (χ3v) is 1.48. The summed E-state index contributed by atoms with van der Waals surface area (Å²) in [6.07, 6.45) is 3.01. The van der Waals surface area contributed by atoms with Crippen molar-refractivity contribution in [3.05, 3.63) is 23.8 Å². The SMILES string of the molecule is CC(S)c1cnc(C#N)cn1. The molecule has 4 heteroatoms. The molecule has 1 aromatic rings. The first-order valence-electron chi connectivity index (χ1n) is 3.14. The quantitative estimate of drug-likeness (QED) is 0.639. The first kappa shape index (κ1) is 8.02. The highest BCUT2D eigenvalue weighted by atomic mass is 32.1. The highest BCUT2D eigenvalue weighted by Crippen LogP contribution is 2.14. The first-order chi connectivity index (χ1) is 5.24. The fourth-order valence-corrected chi connectivity index (χ4v) is 0.745. The zero-order valence-corrected chi connectivity index (χ0v) is 6.92. The molecule has 0 aromatic carbocycles. The number of rotatable bonds is 1. The molecule has 0 aliphatic rings. The smallest absolute Gasteiger partial charge is 0.158 e. The lowest BCUT2D eigenvalue weighted by atomic mass is 10.3. The molecule has 0 bridgehead atoms. The predicted octanol–water partition coefficient (Wildman–Crippen LogP) is 1.34. The van der Waals surface area contributed by atoms with Crippen LogP contribution >= 0.6 is 12.6 Å². The van der Waals surface area contributed by atoms with Crippen molar-refractivity contribution in [3.8, 4) is 6.07 Å². The van der Waals surface area contributed by atoms with Crippen LogP contribution in [0.3, 0.4) is 0 Å². The molecular weight excluding hydrogens is 158 g/mol. The van der Waals surface area contributed by atoms with Crippen molar-refractivity contribution < 1.29 is 0 Å². The van der Waals surface area contributed by atoms with E-state index in [0.717, 1.165) is 5.69 Å². The van der Waals surface area contributed by atoms with Gasteiger partial charge in [0.15, 0.2) is 5.69 Å². The lowest BCUT2D eigenvalue weighted by molar-refractivity contribution is 0.975. The number of hydrogen-bond acceptors (Lipinski definition) is 4. The number of hydrogen-bond donors (Lipinski definition) is 1. The van der Waals surface area contributed by atoms with Crippen LogP contribution in [0.4, 0.5) is 0 Å². The van der Waals surface area contributed by atoms with Gasteiger partial charge in [-0.3, -0.25) is 4.98 Å². The van der Waals surface area contributed by atoms with E-state index < -0.39 is 0 Å². The van der Waals surface area contributed by atoms with Gasteiger partial charge in [0.2, 0.25) is 0 Å². The molecule has 1 aromatic heterocycles. The lowest BCUT2D eigenvalue weighted by Gasteiger charge is -2.00. The van der Waals surface area contributed by atoms with Gasteiger partial charge in [0.05, 0.1) is 18.1 Å². The van der Waals surface area contributed by atoms with Crippen molar-refractivity contribution in [2.75, 3.05) is 0 Å². The van der Waals surface area contributed by atoms with Crippen molar-refractivity contribution in [1.82, 2.24) is 9.97 Å². The molecule has 0 saturated heterocycles. The van der Waals surface area contributed by atoms with Crippen LogP contribution in [0.5, 0.6) is 0 Å². The van der Waals surface area contributed by atoms with Gasteiger partial charge in [0, 0.05) is 5.25 Å². The predicted molar refractivity (Wildman–Crippen MR) is 44.1 cm³/mol. The van der Waals surface area contributed by atoms with Crippen LogP contribution < -0.4 is 0 Å². The maximum absolute atomic E-state index is 8.40. The summed E-state index contributed by atoms with van der Waals surface area (Å²) in [5.74, 6) is 0. The van der Waals surface area contributed by atoms with Gasteiger partial charge in [-0.2, -0.15) is 17.9 Å². The molecule has 0 saturated carbocycles. The molecule has 0 N–H and O–H groups in total. The number of aromatic nitrogens is 2. The minimum absolute atomic E-state index is 0.0650. The second-order valence-electron chi connectivity index (χ2n) is 2.11. The molecule has 0 fully saturated rings. The summed E-state index contributed by atoms with van der Waals surface area (Å²) in [5, 5.41) is 8.46. The average Bonchev–Trinajstić information content (AvgIpc) is 2.05. The topological polar surface area (TPSA) is 49.6 Å². The molecule has 3 nitrogen and oxygen atoms in total. The Morgan fingerprint density at radius 1 is 1.55 bits per heavy atom. The van der Waals surface area contributed by atoms with Gasteiger partial charge >= 0.3 is 0 Å². The van der Waals surface area contributed by atoms with Crippen LogP contribution in [0.1, 0.15) is 23.6 Å². The highest BCUT2D eigenvalue weighted by Gasteiger charge is 2.00. The van der Waals surface area contributed by atoms with E-state index in [1.807, 2.05) is 13.0 Å². The second-order valence-corrected chi connectivity index (χ2v) is 2.89. The molecule has 1 unspecified atom stereocenters. The van der Waals surface area contributed by atoms with Crippen molar-refractivity contribution in [2.24, 2.45) is 0 Å². The van der Waals surface area contributed by atoms with Crippen molar-refractivity contribution >= 4 is 12.6 Å². The van der Waals surface area contributed by atoms with E-state index in [1.165, 1.54) is 6.20 Å². The Hall–Kier alpha value is -1.08. The summed E-state index contributed by atoms with van der Waals surface area (Å²) in [6.45, 7) is 1.90. The molecule has 0 amide bonds. The van der Waals surface area contributed by atoms with Crippen molar-refractivity contribution in [1.29, 1.82) is 5.26 Å². The van der Waals surface area contributed by atoms with E-state index in [4.69, 9.17) is 5.26 Å². The van der Waals surface area contributed by atoms with Crippen molar-refractivity contribution in [2.45, 2.75) is 12.2 Å². The molecule has 1 atom stereocenters. The van der Waals surface area contributed by atoms with E-state index in [2.05, 4.69) is 22.6 Å². The Morgan fingerprint density at radius 2 is 2.27 bits per heavy atom. The molecule has 0 spiro atoms. The molecule has 1 heterocycles. The van der Waals surface area contributed by atoms with Crippen LogP contribution in [0.2, 0.25) is 0 Å². The van der Waals surface area contributed by atoms with E-state index >= 15 is 0 Å². The first-order valence-corrected chi connectivity index (χ1v) is 3.66. The maximum atomic E-state index is 8.40. The maximum Gasteiger partial charge on any atom is 0.158 e. The average molecular weight is 165 g/mol. The van der Waals surface area contributed by atoms with E-state index in [-0.39, 0.29) is 5.25 Å². The zero-order chi connectivity index (χ0) is 8.27. The summed E-state index contributed by atoms with van der Waals surface area (Å²) >= 11 is 4.17. The summed E-state index contributed by atoms with van der Waals surface area (Å²) in [5.41, 5.74) is 1.12. The Labute approximate surface area is 70.5 Å². The molecule has 56 valence electrons. The van der Waals surface area contributed by atoms with Gasteiger partial charge in [0.25, 0.3) is 0 Å². The van der Waals surface area contributed by atoms with Crippen LogP contribution in [-0.2, 0) is 0 Å². The summed E-state index contributed by atoms with van der Waals surface area (Å²) in [7, 11) is 0. The molecule has 1 rings (SSSR count). The number of nitrogens with zero attached hydrogens (tertiary/aromatic N) is 3. The Morgan fingerprint density at radius 3 is 2.64 bits per heavy atom. The van der Waals surface area contributed by atoms with E-state index in [9.17, 15) is 0 Å². The molecule has 0 aliphatic carbocycles. The largest absolute Gasteiger partial charge is 0.255 e. The van der Waals surface area contributed by atoms with Gasteiger partial charge in [-0.1, -0.05) is 0 Å². The summed E-state index contributed by atoms with van der Waals surface area (Å²) in [4.78, 5) is 7.83. The van der Waals surface area contributed by atoms with E-state index in [1.54, 1.807) is 6.20 Å². The minimum Gasteiger partial charge on any atom is -0.255 e. The standard InChI is InChI=1S/C7H7N3S/c1-5(11)7-4-9-6(2-8)3-10-7/h3-5,11H,1H3. The van der Waals surface area contributed by atoms with Crippen LogP contribution in [0, 0.1) is 11.3 Å². The van der Waals surface area contributed by atoms with Crippen LogP contribution in [0.25, 0.3) is 0 Å². The van der Waals surface area contributed by atoms with E-state index in [0.29, 0.717) is 5.69 Å². The Kier molecular flexibility index (Phi) is 2.44. The molecule has 11 heavy (non-hydrogen) atoms. The van der Waals surface area contributed by atoms with Crippen LogP contribution in [-0.4, -0.2) is 9.97 Å². The van der Waals surface area contributed by atoms with Gasteiger partial charge in [-0.25, -0.2) is 4.98 Å². The number of nitriles is 1. The number of thiol groups is 1. The molecule has 0 aliphatic heterocycles. The monoisotopic (exact) mass is 165 g/mol. The summed E-state index contributed by atoms with van der Waals surface area (Å²) < 4.78 is 0. The Bertz CT molecular complexity index is 273. The van der Waals surface area contributed by atoms with Gasteiger partial charge in [-0.15, -0.1) is 0 Å². The lowest BCUT2D eigenvalue weighted by Crippen LogP contribution is -1.92. The fourth-order valence-electron chi connectivity index (χ4n) is 0.611. The van der Waals surface area contributed by atoms with Crippen molar-refractivity contribution in [3.63, 3.8) is 0 Å². The van der Waals surface area contributed by atoms with Gasteiger partial charge < -0.3 is 0 Å². The third-order valence-electron chi connectivity index (χ3n) is 1.21. The second kappa shape index (κ2) is 3.35.